The Morgan fingerprint density at radius 3 is 2.60 bits per heavy atom. The summed E-state index contributed by atoms with van der Waals surface area (Å²) in [5.74, 6) is -0.171. The number of alkyl halides is 1. The smallest absolute Gasteiger partial charge is 0.180 e. The fraction of sp³-hybridized carbons (Fsp3) is 0.167. The van der Waals surface area contributed by atoms with E-state index in [1.807, 2.05) is 0 Å². The quantitative estimate of drug-likeness (QED) is 0.472. The predicted octanol–water partition coefficient (Wildman–Crippen LogP) is 0.898. The molecule has 0 aromatic carbocycles. The van der Waals surface area contributed by atoms with Crippen molar-refractivity contribution in [3.8, 4) is 0 Å². The summed E-state index contributed by atoms with van der Waals surface area (Å²) in [6, 6.07) is 0. The fourth-order valence-electron chi connectivity index (χ4n) is 0.520. The van der Waals surface area contributed by atoms with Crippen molar-refractivity contribution in [1.82, 2.24) is 9.97 Å². The van der Waals surface area contributed by atoms with E-state index in [0.717, 1.165) is 0 Å². The second kappa shape index (κ2) is 3.27. The Morgan fingerprint density at radius 1 is 1.50 bits per heavy atom. The lowest BCUT2D eigenvalue weighted by molar-refractivity contribution is 0.102. The Bertz CT molecular complexity index is 224. The van der Waals surface area contributed by atoms with Gasteiger partial charge in [-0.05, 0) is 0 Å². The first-order valence-corrected chi connectivity index (χ1v) is 3.22. The van der Waals surface area contributed by atoms with E-state index in [-0.39, 0.29) is 11.7 Å². The lowest BCUT2D eigenvalue weighted by atomic mass is 10.2. The van der Waals surface area contributed by atoms with Crippen LogP contribution in [0, 0.1) is 0 Å². The highest BCUT2D eigenvalue weighted by Gasteiger charge is 2.01. The van der Waals surface area contributed by atoms with Crippen LogP contribution in [0.2, 0.25) is 0 Å². The maximum Gasteiger partial charge on any atom is 0.180 e. The lowest BCUT2D eigenvalue weighted by Gasteiger charge is -1.91. The van der Waals surface area contributed by atoms with Gasteiger partial charge in [-0.15, -0.1) is 11.6 Å². The fourth-order valence-corrected chi connectivity index (χ4v) is 0.675. The summed E-state index contributed by atoms with van der Waals surface area (Å²) in [6.07, 6.45) is 4.25. The SMILES string of the molecule is O=C(CCl)c1cncnc1. The number of halogens is 1. The average molecular weight is 157 g/mol. The summed E-state index contributed by atoms with van der Waals surface area (Å²) in [5.41, 5.74) is 0.456. The molecule has 0 spiro atoms. The summed E-state index contributed by atoms with van der Waals surface area (Å²) in [4.78, 5) is 18.1. The van der Waals surface area contributed by atoms with Crippen molar-refractivity contribution >= 4 is 17.4 Å². The molecule has 3 nitrogen and oxygen atoms in total. The zero-order chi connectivity index (χ0) is 7.40. The number of aromatic nitrogens is 2. The molecule has 4 heteroatoms. The Labute approximate surface area is 63.1 Å². The first-order chi connectivity index (χ1) is 4.84. The Morgan fingerprint density at radius 2 is 2.10 bits per heavy atom. The molecule has 0 amide bonds. The van der Waals surface area contributed by atoms with Crippen molar-refractivity contribution in [3.05, 3.63) is 24.3 Å². The van der Waals surface area contributed by atoms with Crippen molar-refractivity contribution < 1.29 is 4.79 Å². The number of carbonyl (C=O) groups excluding carboxylic acids is 1. The minimum atomic E-state index is -0.151. The topological polar surface area (TPSA) is 42.9 Å². The van der Waals surface area contributed by atoms with E-state index < -0.39 is 0 Å². The second-order valence-corrected chi connectivity index (χ2v) is 1.95. The van der Waals surface area contributed by atoms with Crippen molar-refractivity contribution in [2.45, 2.75) is 0 Å². The molecule has 52 valence electrons. The Hall–Kier alpha value is -0.960. The minimum absolute atomic E-state index is 0.0205. The first-order valence-electron chi connectivity index (χ1n) is 2.69. The molecule has 0 saturated heterocycles. The van der Waals surface area contributed by atoms with E-state index in [1.54, 1.807) is 0 Å². The molecule has 1 heterocycles. The summed E-state index contributed by atoms with van der Waals surface area (Å²) < 4.78 is 0. The molecule has 0 radical (unpaired) electrons. The maximum atomic E-state index is 10.8. The molecule has 0 aliphatic carbocycles. The molecular weight excluding hydrogens is 152 g/mol. The highest BCUT2D eigenvalue weighted by molar-refractivity contribution is 6.30. The van der Waals surface area contributed by atoms with Gasteiger partial charge in [0.1, 0.15) is 6.33 Å². The van der Waals surface area contributed by atoms with Gasteiger partial charge in [0.25, 0.3) is 0 Å². The molecule has 0 fully saturated rings. The number of rotatable bonds is 2. The van der Waals surface area contributed by atoms with Crippen molar-refractivity contribution in [2.24, 2.45) is 0 Å². The van der Waals surface area contributed by atoms with Gasteiger partial charge in [-0.25, -0.2) is 9.97 Å². The van der Waals surface area contributed by atoms with Crippen LogP contribution in [0.4, 0.5) is 0 Å². The van der Waals surface area contributed by atoms with Crippen LogP contribution in [0.25, 0.3) is 0 Å². The van der Waals surface area contributed by atoms with E-state index in [1.165, 1.54) is 18.7 Å². The molecule has 0 saturated carbocycles. The van der Waals surface area contributed by atoms with Gasteiger partial charge >= 0.3 is 0 Å². The van der Waals surface area contributed by atoms with Crippen LogP contribution < -0.4 is 0 Å². The van der Waals surface area contributed by atoms with Crippen LogP contribution in [0.1, 0.15) is 10.4 Å². The predicted molar refractivity (Wildman–Crippen MR) is 37.1 cm³/mol. The average Bonchev–Trinajstić information content (AvgIpc) is 2.05. The van der Waals surface area contributed by atoms with Gasteiger partial charge < -0.3 is 0 Å². The highest BCUT2D eigenvalue weighted by atomic mass is 35.5. The van der Waals surface area contributed by atoms with Crippen molar-refractivity contribution in [2.75, 3.05) is 5.88 Å². The number of hydrogen-bond donors (Lipinski definition) is 0. The molecule has 10 heavy (non-hydrogen) atoms. The monoisotopic (exact) mass is 156 g/mol. The molecule has 0 unspecified atom stereocenters. The molecule has 0 bridgehead atoms. The normalized spacial score (nSPS) is 9.30. The maximum absolute atomic E-state index is 10.8. The van der Waals surface area contributed by atoms with E-state index in [4.69, 9.17) is 11.6 Å². The third-order valence-electron chi connectivity index (χ3n) is 1.00. The zero-order valence-electron chi connectivity index (χ0n) is 5.12. The van der Waals surface area contributed by atoms with Crippen LogP contribution in [0.15, 0.2) is 18.7 Å². The molecule has 0 N–H and O–H groups in total. The summed E-state index contributed by atoms with van der Waals surface area (Å²) in [6.45, 7) is 0. The highest BCUT2D eigenvalue weighted by Crippen LogP contribution is 1.95. The van der Waals surface area contributed by atoms with Crippen LogP contribution in [0.3, 0.4) is 0 Å². The standard InChI is InChI=1S/C6H5ClN2O/c7-1-6(10)5-2-8-4-9-3-5/h2-4H,1H2. The van der Waals surface area contributed by atoms with Crippen LogP contribution in [0.5, 0.6) is 0 Å². The van der Waals surface area contributed by atoms with Crippen LogP contribution >= 0.6 is 11.6 Å². The molecule has 1 aromatic heterocycles. The van der Waals surface area contributed by atoms with E-state index >= 15 is 0 Å². The molecule has 0 atom stereocenters. The second-order valence-electron chi connectivity index (χ2n) is 1.68. The minimum Gasteiger partial charge on any atom is -0.293 e. The van der Waals surface area contributed by atoms with Crippen molar-refractivity contribution in [3.63, 3.8) is 0 Å². The summed E-state index contributed by atoms with van der Waals surface area (Å²) in [5, 5.41) is 0. The first kappa shape index (κ1) is 7.15. The number of ketones is 1. The van der Waals surface area contributed by atoms with Gasteiger partial charge in [0.15, 0.2) is 5.78 Å². The number of Topliss-reactive ketones (excluding diaryl/α,β-unsaturated/α-hetero) is 1. The van der Waals surface area contributed by atoms with E-state index in [9.17, 15) is 4.79 Å². The molecular formula is C6H5ClN2O. The summed E-state index contributed by atoms with van der Waals surface area (Å²) >= 11 is 5.28. The van der Waals surface area contributed by atoms with Gasteiger partial charge in [0, 0.05) is 12.4 Å². The number of hydrogen-bond acceptors (Lipinski definition) is 3. The molecule has 1 rings (SSSR count). The van der Waals surface area contributed by atoms with Crippen LogP contribution in [-0.2, 0) is 0 Å². The van der Waals surface area contributed by atoms with Gasteiger partial charge in [-0.1, -0.05) is 0 Å². The number of carbonyl (C=O) groups is 1. The Balaban J connectivity index is 2.85. The Kier molecular flexibility index (Phi) is 2.34. The van der Waals surface area contributed by atoms with Crippen LogP contribution in [-0.4, -0.2) is 21.6 Å². The number of nitrogens with zero attached hydrogens (tertiary/aromatic N) is 2. The molecule has 0 aliphatic rings. The zero-order valence-corrected chi connectivity index (χ0v) is 5.88. The van der Waals surface area contributed by atoms with Gasteiger partial charge in [0.2, 0.25) is 0 Å². The van der Waals surface area contributed by atoms with Gasteiger partial charge in [-0.3, -0.25) is 4.79 Å². The van der Waals surface area contributed by atoms with E-state index in [2.05, 4.69) is 9.97 Å². The van der Waals surface area contributed by atoms with Crippen molar-refractivity contribution in [1.29, 1.82) is 0 Å². The third-order valence-corrected chi connectivity index (χ3v) is 1.25. The molecule has 1 aromatic rings. The lowest BCUT2D eigenvalue weighted by Crippen LogP contribution is -2.00. The largest absolute Gasteiger partial charge is 0.293 e. The van der Waals surface area contributed by atoms with E-state index in [0.29, 0.717) is 5.56 Å². The summed E-state index contributed by atoms with van der Waals surface area (Å²) in [7, 11) is 0. The third kappa shape index (κ3) is 1.51. The van der Waals surface area contributed by atoms with Gasteiger partial charge in [-0.2, -0.15) is 0 Å². The molecule has 0 aliphatic heterocycles. The van der Waals surface area contributed by atoms with Gasteiger partial charge in [0.05, 0.1) is 11.4 Å².